The fraction of sp³-hybridized carbons (Fsp3) is 0.467. The highest BCUT2D eigenvalue weighted by molar-refractivity contribution is 5.87. The van der Waals surface area contributed by atoms with E-state index in [0.717, 1.165) is 5.56 Å². The van der Waals surface area contributed by atoms with Crippen LogP contribution in [0.3, 0.4) is 0 Å². The van der Waals surface area contributed by atoms with Crippen molar-refractivity contribution < 1.29 is 19.1 Å². The Balaban J connectivity index is 2.25. The SMILES string of the molecule is CCOC(=O)[C@H]1N=NN([C@H](C)c2ccccc2)[C@@H]1C(=O)OC. The van der Waals surface area contributed by atoms with Crippen molar-refractivity contribution in [3.63, 3.8) is 0 Å². The molecule has 0 aliphatic carbocycles. The third kappa shape index (κ3) is 3.08. The molecule has 1 aliphatic heterocycles. The first-order chi connectivity index (χ1) is 10.6. The fourth-order valence-electron chi connectivity index (χ4n) is 2.34. The average Bonchev–Trinajstić information content (AvgIpc) is 2.99. The molecule has 0 spiro atoms. The van der Waals surface area contributed by atoms with Gasteiger partial charge in [0.15, 0.2) is 6.04 Å². The number of ether oxygens (including phenoxy) is 2. The first kappa shape index (κ1) is 15.9. The van der Waals surface area contributed by atoms with Gasteiger partial charge in [-0.1, -0.05) is 35.6 Å². The zero-order valence-corrected chi connectivity index (χ0v) is 12.8. The highest BCUT2D eigenvalue weighted by atomic mass is 16.5. The van der Waals surface area contributed by atoms with Gasteiger partial charge < -0.3 is 9.47 Å². The molecule has 1 aromatic rings. The zero-order valence-electron chi connectivity index (χ0n) is 12.8. The molecule has 7 nitrogen and oxygen atoms in total. The van der Waals surface area contributed by atoms with Gasteiger partial charge in [-0.25, -0.2) is 9.59 Å². The van der Waals surface area contributed by atoms with Crippen LogP contribution in [0.5, 0.6) is 0 Å². The van der Waals surface area contributed by atoms with Crippen molar-refractivity contribution in [2.75, 3.05) is 13.7 Å². The van der Waals surface area contributed by atoms with Crippen molar-refractivity contribution in [1.29, 1.82) is 0 Å². The molecule has 2 rings (SSSR count). The molecule has 1 aromatic carbocycles. The number of rotatable bonds is 5. The summed E-state index contributed by atoms with van der Waals surface area (Å²) < 4.78 is 9.76. The van der Waals surface area contributed by atoms with Gasteiger partial charge in [-0.2, -0.15) is 5.11 Å². The van der Waals surface area contributed by atoms with Crippen molar-refractivity contribution in [2.24, 2.45) is 10.3 Å². The molecule has 0 aromatic heterocycles. The lowest BCUT2D eigenvalue weighted by Gasteiger charge is -2.28. The van der Waals surface area contributed by atoms with Crippen LogP contribution in [0.2, 0.25) is 0 Å². The topological polar surface area (TPSA) is 80.6 Å². The van der Waals surface area contributed by atoms with Crippen LogP contribution in [0.15, 0.2) is 40.7 Å². The second kappa shape index (κ2) is 7.02. The molecular weight excluding hydrogens is 286 g/mol. The van der Waals surface area contributed by atoms with Crippen LogP contribution in [-0.4, -0.2) is 42.7 Å². The maximum absolute atomic E-state index is 12.1. The van der Waals surface area contributed by atoms with Crippen LogP contribution < -0.4 is 0 Å². The summed E-state index contributed by atoms with van der Waals surface area (Å²) in [6.45, 7) is 3.80. The van der Waals surface area contributed by atoms with E-state index < -0.39 is 24.0 Å². The van der Waals surface area contributed by atoms with Crippen molar-refractivity contribution in [2.45, 2.75) is 32.0 Å². The first-order valence-electron chi connectivity index (χ1n) is 7.08. The van der Waals surface area contributed by atoms with E-state index in [1.807, 2.05) is 37.3 Å². The number of carbonyl (C=O) groups is 2. The Hall–Kier alpha value is -2.44. The third-order valence-electron chi connectivity index (χ3n) is 3.51. The van der Waals surface area contributed by atoms with Gasteiger partial charge in [0.1, 0.15) is 0 Å². The number of nitrogens with zero attached hydrogens (tertiary/aromatic N) is 3. The van der Waals surface area contributed by atoms with Gasteiger partial charge in [0.05, 0.1) is 19.8 Å². The number of hydrogen-bond acceptors (Lipinski definition) is 7. The Morgan fingerprint density at radius 3 is 2.55 bits per heavy atom. The summed E-state index contributed by atoms with van der Waals surface area (Å²) in [5.41, 5.74) is 0.958. The second-order valence-electron chi connectivity index (χ2n) is 4.84. The Bertz CT molecular complexity index is 561. The summed E-state index contributed by atoms with van der Waals surface area (Å²) >= 11 is 0. The molecule has 0 unspecified atom stereocenters. The minimum atomic E-state index is -1.00. The van der Waals surface area contributed by atoms with E-state index in [1.54, 1.807) is 6.92 Å². The van der Waals surface area contributed by atoms with Crippen LogP contribution in [0.25, 0.3) is 0 Å². The molecule has 0 fully saturated rings. The molecule has 118 valence electrons. The van der Waals surface area contributed by atoms with E-state index in [9.17, 15) is 9.59 Å². The highest BCUT2D eigenvalue weighted by Gasteiger charge is 2.46. The van der Waals surface area contributed by atoms with Crippen molar-refractivity contribution in [1.82, 2.24) is 5.01 Å². The maximum Gasteiger partial charge on any atom is 0.335 e. The monoisotopic (exact) mass is 305 g/mol. The molecule has 0 N–H and O–H groups in total. The van der Waals surface area contributed by atoms with Gasteiger partial charge in [-0.05, 0) is 19.4 Å². The van der Waals surface area contributed by atoms with E-state index >= 15 is 0 Å². The minimum Gasteiger partial charge on any atom is -0.467 e. The lowest BCUT2D eigenvalue weighted by Crippen LogP contribution is -2.47. The number of methoxy groups -OCH3 is 1. The van der Waals surface area contributed by atoms with Gasteiger partial charge in [-0.15, -0.1) is 0 Å². The van der Waals surface area contributed by atoms with Crippen molar-refractivity contribution >= 4 is 11.9 Å². The van der Waals surface area contributed by atoms with Crippen LogP contribution in [0.4, 0.5) is 0 Å². The molecule has 0 bridgehead atoms. The first-order valence-corrected chi connectivity index (χ1v) is 7.08. The van der Waals surface area contributed by atoms with E-state index in [1.165, 1.54) is 12.1 Å². The van der Waals surface area contributed by atoms with Gasteiger partial charge in [-0.3, -0.25) is 5.01 Å². The number of esters is 2. The molecule has 0 saturated carbocycles. The molecule has 22 heavy (non-hydrogen) atoms. The van der Waals surface area contributed by atoms with E-state index in [0.29, 0.717) is 0 Å². The molecule has 3 atom stereocenters. The third-order valence-corrected chi connectivity index (χ3v) is 3.51. The summed E-state index contributed by atoms with van der Waals surface area (Å²) in [6, 6.07) is 7.40. The normalized spacial score (nSPS) is 21.5. The van der Waals surface area contributed by atoms with Gasteiger partial charge in [0.25, 0.3) is 0 Å². The quantitative estimate of drug-likeness (QED) is 0.776. The summed E-state index contributed by atoms with van der Waals surface area (Å²) in [4.78, 5) is 24.1. The van der Waals surface area contributed by atoms with Gasteiger partial charge in [0, 0.05) is 0 Å². The highest BCUT2D eigenvalue weighted by Crippen LogP contribution is 2.30. The standard InChI is InChI=1S/C15H19N3O4/c1-4-22-14(19)12-13(15(20)21-3)18(17-16-12)10(2)11-8-6-5-7-9-11/h5-10,12-13H,4H2,1-3H3/t10-,12+,13+/m1/s1. The van der Waals surface area contributed by atoms with E-state index in [2.05, 4.69) is 10.3 Å². The maximum atomic E-state index is 12.1. The lowest BCUT2D eigenvalue weighted by atomic mass is 10.0. The van der Waals surface area contributed by atoms with E-state index in [-0.39, 0.29) is 12.6 Å². The summed E-state index contributed by atoms with van der Waals surface area (Å²) in [5.74, 6) is -1.14. The number of benzene rings is 1. The second-order valence-corrected chi connectivity index (χ2v) is 4.84. The zero-order chi connectivity index (χ0) is 16.1. The Labute approximate surface area is 128 Å². The fourth-order valence-corrected chi connectivity index (χ4v) is 2.34. The largest absolute Gasteiger partial charge is 0.467 e. The predicted molar refractivity (Wildman–Crippen MR) is 77.8 cm³/mol. The Morgan fingerprint density at radius 1 is 1.27 bits per heavy atom. The summed E-state index contributed by atoms with van der Waals surface area (Å²) in [6.07, 6.45) is 0. The summed E-state index contributed by atoms with van der Waals surface area (Å²) in [7, 11) is 1.27. The predicted octanol–water partition coefficient (Wildman–Crippen LogP) is 1.90. The van der Waals surface area contributed by atoms with Gasteiger partial charge in [0.2, 0.25) is 6.04 Å². The molecule has 7 heteroatoms. The van der Waals surface area contributed by atoms with E-state index in [4.69, 9.17) is 9.47 Å². The molecule has 0 radical (unpaired) electrons. The average molecular weight is 305 g/mol. The van der Waals surface area contributed by atoms with Crippen LogP contribution in [0.1, 0.15) is 25.5 Å². The molecule has 1 aliphatic rings. The molecule has 0 amide bonds. The molecule has 0 saturated heterocycles. The smallest absolute Gasteiger partial charge is 0.335 e. The number of hydrogen-bond donors (Lipinski definition) is 0. The summed E-state index contributed by atoms with van der Waals surface area (Å²) in [5, 5.41) is 9.40. The Kier molecular flexibility index (Phi) is 5.08. The van der Waals surface area contributed by atoms with Crippen molar-refractivity contribution in [3.8, 4) is 0 Å². The minimum absolute atomic E-state index is 0.215. The molecular formula is C15H19N3O4. The van der Waals surface area contributed by atoms with Crippen LogP contribution >= 0.6 is 0 Å². The molecule has 1 heterocycles. The lowest BCUT2D eigenvalue weighted by molar-refractivity contribution is -0.155. The van der Waals surface area contributed by atoms with Gasteiger partial charge >= 0.3 is 11.9 Å². The van der Waals surface area contributed by atoms with Crippen molar-refractivity contribution in [3.05, 3.63) is 35.9 Å². The van der Waals surface area contributed by atoms with Crippen LogP contribution in [-0.2, 0) is 19.1 Å². The van der Waals surface area contributed by atoms with Crippen LogP contribution in [0, 0.1) is 0 Å². The Morgan fingerprint density at radius 2 is 1.95 bits per heavy atom. The number of carbonyl (C=O) groups excluding carboxylic acids is 2.